The summed E-state index contributed by atoms with van der Waals surface area (Å²) in [4.78, 5) is 13.3. The van der Waals surface area contributed by atoms with Crippen LogP contribution in [0.1, 0.15) is 33.1 Å². The lowest BCUT2D eigenvalue weighted by Crippen LogP contribution is -2.48. The summed E-state index contributed by atoms with van der Waals surface area (Å²) in [5.74, 6) is 0.114. The Labute approximate surface area is 96.3 Å². The molecule has 0 bridgehead atoms. The lowest BCUT2D eigenvalue weighted by atomic mass is 9.94. The summed E-state index contributed by atoms with van der Waals surface area (Å²) in [5.41, 5.74) is 0. The molecule has 0 radical (unpaired) electrons. The zero-order chi connectivity index (χ0) is 11.9. The van der Waals surface area contributed by atoms with Crippen LogP contribution in [0, 0.1) is 11.8 Å². The highest BCUT2D eigenvalue weighted by Crippen LogP contribution is 2.43. The van der Waals surface area contributed by atoms with Crippen LogP contribution in [-0.2, 0) is 4.79 Å². The van der Waals surface area contributed by atoms with E-state index in [1.807, 2.05) is 11.8 Å². The largest absolute Gasteiger partial charge is 0.480 e. The smallest absolute Gasteiger partial charge is 0.321 e. The SMILES string of the molecule is CC(O)C(C)N1CC2CCCC2C1C(=O)O. The number of rotatable bonds is 3. The number of carboxylic acids is 1. The summed E-state index contributed by atoms with van der Waals surface area (Å²) >= 11 is 0. The zero-order valence-corrected chi connectivity index (χ0v) is 9.97. The van der Waals surface area contributed by atoms with Gasteiger partial charge in [0.25, 0.3) is 0 Å². The minimum atomic E-state index is -0.720. The predicted octanol–water partition coefficient (Wildman–Crippen LogP) is 0.941. The van der Waals surface area contributed by atoms with E-state index in [9.17, 15) is 15.0 Å². The minimum Gasteiger partial charge on any atom is -0.480 e. The standard InChI is InChI=1S/C12H21NO3/c1-7(8(2)14)13-6-9-4-3-5-10(9)11(13)12(15)16/h7-11,14H,3-6H2,1-2H3,(H,15,16). The van der Waals surface area contributed by atoms with Crippen molar-refractivity contribution in [3.05, 3.63) is 0 Å². The van der Waals surface area contributed by atoms with Crippen molar-refractivity contribution in [3.63, 3.8) is 0 Å². The molecule has 1 saturated carbocycles. The molecule has 4 nitrogen and oxygen atoms in total. The summed E-state index contributed by atoms with van der Waals surface area (Å²) in [6.45, 7) is 4.49. The van der Waals surface area contributed by atoms with Crippen LogP contribution in [0.25, 0.3) is 0 Å². The third kappa shape index (κ3) is 1.84. The molecule has 4 heteroatoms. The summed E-state index contributed by atoms with van der Waals surface area (Å²) in [5, 5.41) is 18.9. The van der Waals surface area contributed by atoms with Gasteiger partial charge in [0.05, 0.1) is 6.10 Å². The second-order valence-corrected chi connectivity index (χ2v) is 5.32. The van der Waals surface area contributed by atoms with Gasteiger partial charge in [-0.2, -0.15) is 0 Å². The van der Waals surface area contributed by atoms with Crippen molar-refractivity contribution in [3.8, 4) is 0 Å². The van der Waals surface area contributed by atoms with E-state index < -0.39 is 12.1 Å². The molecule has 0 aromatic heterocycles. The third-order valence-electron chi connectivity index (χ3n) is 4.40. The van der Waals surface area contributed by atoms with E-state index in [0.717, 1.165) is 25.8 Å². The first kappa shape index (κ1) is 11.9. The van der Waals surface area contributed by atoms with Crippen LogP contribution in [0.5, 0.6) is 0 Å². The van der Waals surface area contributed by atoms with Gasteiger partial charge in [0.2, 0.25) is 0 Å². The Bertz CT molecular complexity index is 279. The number of nitrogens with zero attached hydrogens (tertiary/aromatic N) is 1. The monoisotopic (exact) mass is 227 g/mol. The fraction of sp³-hybridized carbons (Fsp3) is 0.917. The first-order valence-electron chi connectivity index (χ1n) is 6.19. The predicted molar refractivity (Wildman–Crippen MR) is 60.1 cm³/mol. The molecule has 1 saturated heterocycles. The van der Waals surface area contributed by atoms with Crippen molar-refractivity contribution < 1.29 is 15.0 Å². The molecular formula is C12H21NO3. The topological polar surface area (TPSA) is 60.8 Å². The lowest BCUT2D eigenvalue weighted by Gasteiger charge is -2.31. The van der Waals surface area contributed by atoms with E-state index in [1.165, 1.54) is 0 Å². The number of fused-ring (bicyclic) bond motifs is 1. The average molecular weight is 227 g/mol. The number of carboxylic acid groups (broad SMARTS) is 1. The maximum Gasteiger partial charge on any atom is 0.321 e. The average Bonchev–Trinajstić information content (AvgIpc) is 2.73. The van der Waals surface area contributed by atoms with Gasteiger partial charge in [-0.15, -0.1) is 0 Å². The number of likely N-dealkylation sites (tertiary alicyclic amines) is 1. The molecular weight excluding hydrogens is 206 g/mol. The van der Waals surface area contributed by atoms with Crippen molar-refractivity contribution in [1.82, 2.24) is 4.90 Å². The number of aliphatic carboxylic acids is 1. The molecule has 1 aliphatic carbocycles. The first-order valence-corrected chi connectivity index (χ1v) is 6.19. The molecule has 16 heavy (non-hydrogen) atoms. The Morgan fingerprint density at radius 3 is 2.62 bits per heavy atom. The second-order valence-electron chi connectivity index (χ2n) is 5.32. The molecule has 0 amide bonds. The Morgan fingerprint density at radius 1 is 1.38 bits per heavy atom. The minimum absolute atomic E-state index is 0.0632. The van der Waals surface area contributed by atoms with E-state index in [2.05, 4.69) is 0 Å². The highest BCUT2D eigenvalue weighted by atomic mass is 16.4. The van der Waals surface area contributed by atoms with Crippen molar-refractivity contribution >= 4 is 5.97 Å². The van der Waals surface area contributed by atoms with Gasteiger partial charge >= 0.3 is 5.97 Å². The molecule has 2 aliphatic rings. The second kappa shape index (κ2) is 4.34. The van der Waals surface area contributed by atoms with Crippen LogP contribution in [0.4, 0.5) is 0 Å². The number of aliphatic hydroxyl groups is 1. The molecule has 92 valence electrons. The van der Waals surface area contributed by atoms with Crippen molar-refractivity contribution in [1.29, 1.82) is 0 Å². The highest BCUT2D eigenvalue weighted by molar-refractivity contribution is 5.74. The van der Waals surface area contributed by atoms with E-state index in [-0.39, 0.29) is 12.1 Å². The van der Waals surface area contributed by atoms with Gasteiger partial charge < -0.3 is 10.2 Å². The van der Waals surface area contributed by atoms with E-state index >= 15 is 0 Å². The fourth-order valence-corrected chi connectivity index (χ4v) is 3.36. The van der Waals surface area contributed by atoms with Crippen LogP contribution < -0.4 is 0 Å². The molecule has 1 aliphatic heterocycles. The van der Waals surface area contributed by atoms with E-state index in [0.29, 0.717) is 11.8 Å². The highest BCUT2D eigenvalue weighted by Gasteiger charge is 2.49. The number of aliphatic hydroxyl groups excluding tert-OH is 1. The Kier molecular flexibility index (Phi) is 3.22. The lowest BCUT2D eigenvalue weighted by molar-refractivity contribution is -0.145. The summed E-state index contributed by atoms with van der Waals surface area (Å²) < 4.78 is 0. The molecule has 2 rings (SSSR count). The summed E-state index contributed by atoms with van der Waals surface area (Å²) in [7, 11) is 0. The van der Waals surface area contributed by atoms with Crippen molar-refractivity contribution in [2.45, 2.75) is 51.3 Å². The fourth-order valence-electron chi connectivity index (χ4n) is 3.36. The van der Waals surface area contributed by atoms with Crippen LogP contribution >= 0.6 is 0 Å². The van der Waals surface area contributed by atoms with Gasteiger partial charge in [0.15, 0.2) is 0 Å². The van der Waals surface area contributed by atoms with Crippen LogP contribution in [0.2, 0.25) is 0 Å². The van der Waals surface area contributed by atoms with Crippen LogP contribution in [0.15, 0.2) is 0 Å². The third-order valence-corrected chi connectivity index (χ3v) is 4.40. The number of hydrogen-bond acceptors (Lipinski definition) is 3. The van der Waals surface area contributed by atoms with Gasteiger partial charge in [-0.25, -0.2) is 0 Å². The molecule has 5 unspecified atom stereocenters. The summed E-state index contributed by atoms with van der Waals surface area (Å²) in [6, 6.07) is -0.441. The normalized spacial score (nSPS) is 38.3. The molecule has 0 spiro atoms. The van der Waals surface area contributed by atoms with Crippen molar-refractivity contribution in [2.24, 2.45) is 11.8 Å². The first-order chi connectivity index (χ1) is 7.52. The van der Waals surface area contributed by atoms with Crippen molar-refractivity contribution in [2.75, 3.05) is 6.54 Å². The van der Waals surface area contributed by atoms with Gasteiger partial charge in [-0.3, -0.25) is 9.69 Å². The van der Waals surface area contributed by atoms with Crippen LogP contribution in [-0.4, -0.2) is 45.8 Å². The van der Waals surface area contributed by atoms with Gasteiger partial charge in [0, 0.05) is 12.6 Å². The molecule has 0 aromatic carbocycles. The molecule has 2 fully saturated rings. The van der Waals surface area contributed by atoms with E-state index in [1.54, 1.807) is 6.92 Å². The van der Waals surface area contributed by atoms with Gasteiger partial charge in [-0.05, 0) is 38.5 Å². The van der Waals surface area contributed by atoms with E-state index in [4.69, 9.17) is 0 Å². The molecule has 5 atom stereocenters. The van der Waals surface area contributed by atoms with Crippen LogP contribution in [0.3, 0.4) is 0 Å². The summed E-state index contributed by atoms with van der Waals surface area (Å²) in [6.07, 6.45) is 2.87. The molecule has 1 heterocycles. The Balaban J connectivity index is 2.16. The Morgan fingerprint density at radius 2 is 2.06 bits per heavy atom. The number of carbonyl (C=O) groups is 1. The maximum absolute atomic E-state index is 11.4. The van der Waals surface area contributed by atoms with Gasteiger partial charge in [-0.1, -0.05) is 6.42 Å². The number of hydrogen-bond donors (Lipinski definition) is 2. The zero-order valence-electron chi connectivity index (χ0n) is 9.97. The maximum atomic E-state index is 11.4. The Hall–Kier alpha value is -0.610. The molecule has 2 N–H and O–H groups in total. The quantitative estimate of drug-likeness (QED) is 0.753. The molecule has 0 aromatic rings. The van der Waals surface area contributed by atoms with Gasteiger partial charge in [0.1, 0.15) is 6.04 Å².